The second-order valence-corrected chi connectivity index (χ2v) is 14.1. The average molecular weight is 688 g/mol. The summed E-state index contributed by atoms with van der Waals surface area (Å²) in [4.78, 5) is 2.36. The lowest BCUT2D eigenvalue weighted by Crippen LogP contribution is -2.09. The topological polar surface area (TPSA) is 16.4 Å². The van der Waals surface area contributed by atoms with E-state index in [2.05, 4.69) is 193 Å². The predicted molar refractivity (Wildman–Crippen MR) is 229 cm³/mol. The number of furan rings is 1. The molecule has 0 fully saturated rings. The van der Waals surface area contributed by atoms with Crippen molar-refractivity contribution in [3.8, 4) is 22.3 Å². The molecule has 252 valence electrons. The Bertz CT molecular complexity index is 3190. The van der Waals surface area contributed by atoms with Crippen molar-refractivity contribution in [1.29, 1.82) is 0 Å². The summed E-state index contributed by atoms with van der Waals surface area (Å²) in [5, 5.41) is 12.3. The van der Waals surface area contributed by atoms with Crippen molar-refractivity contribution in [3.63, 3.8) is 0 Å². The maximum absolute atomic E-state index is 6.23. The van der Waals surface area contributed by atoms with Crippen molar-refractivity contribution in [3.05, 3.63) is 200 Å². The maximum Gasteiger partial charge on any atom is 0.136 e. The van der Waals surface area contributed by atoms with Crippen molar-refractivity contribution < 1.29 is 4.42 Å². The van der Waals surface area contributed by atoms with E-state index in [0.717, 1.165) is 39.0 Å². The Kier molecular flexibility index (Phi) is 6.90. The number of para-hydroxylation sites is 1. The van der Waals surface area contributed by atoms with Gasteiger partial charge in [-0.25, -0.2) is 0 Å². The third-order valence-electron chi connectivity index (χ3n) is 11.0. The van der Waals surface area contributed by atoms with Gasteiger partial charge in [-0.05, 0) is 120 Å². The second-order valence-electron chi connectivity index (χ2n) is 14.1. The molecule has 0 N–H and O–H groups in total. The van der Waals surface area contributed by atoms with E-state index >= 15 is 0 Å². The van der Waals surface area contributed by atoms with Gasteiger partial charge in [0, 0.05) is 27.8 Å². The number of anilines is 3. The molecule has 0 saturated carbocycles. The third kappa shape index (κ3) is 4.88. The quantitative estimate of drug-likeness (QED) is 0.168. The predicted octanol–water partition coefficient (Wildman–Crippen LogP) is 15.0. The van der Waals surface area contributed by atoms with Crippen LogP contribution in [0.2, 0.25) is 0 Å². The van der Waals surface area contributed by atoms with Gasteiger partial charge in [-0.1, -0.05) is 146 Å². The van der Waals surface area contributed by atoms with Crippen LogP contribution in [0.5, 0.6) is 0 Å². The normalized spacial score (nSPS) is 11.7. The Morgan fingerprint density at radius 3 is 1.67 bits per heavy atom. The Morgan fingerprint density at radius 2 is 0.870 bits per heavy atom. The van der Waals surface area contributed by atoms with Gasteiger partial charge in [-0.3, -0.25) is 0 Å². The molecule has 0 aliphatic carbocycles. The molecule has 11 aromatic rings. The molecule has 0 bridgehead atoms. The smallest absolute Gasteiger partial charge is 0.136 e. The van der Waals surface area contributed by atoms with E-state index in [1.807, 2.05) is 12.1 Å². The molecule has 0 atom stereocenters. The van der Waals surface area contributed by atoms with E-state index in [0.29, 0.717) is 0 Å². The second kappa shape index (κ2) is 12.2. The van der Waals surface area contributed by atoms with Crippen LogP contribution in [-0.4, -0.2) is 0 Å². The van der Waals surface area contributed by atoms with E-state index < -0.39 is 0 Å². The lowest BCUT2D eigenvalue weighted by atomic mass is 9.90. The molecule has 0 radical (unpaired) electrons. The molecule has 0 amide bonds. The Hall–Kier alpha value is -7.16. The summed E-state index contributed by atoms with van der Waals surface area (Å²) >= 11 is 0. The minimum atomic E-state index is 0.912. The van der Waals surface area contributed by atoms with Crippen LogP contribution in [0.3, 0.4) is 0 Å². The first-order valence-corrected chi connectivity index (χ1v) is 18.5. The number of rotatable bonds is 5. The average Bonchev–Trinajstić information content (AvgIpc) is 3.63. The van der Waals surface area contributed by atoms with E-state index in [1.165, 1.54) is 65.3 Å². The molecule has 2 nitrogen and oxygen atoms in total. The first-order chi connectivity index (χ1) is 26.8. The fraction of sp³-hybridized carbons (Fsp3) is 0. The van der Waals surface area contributed by atoms with Crippen molar-refractivity contribution in [2.75, 3.05) is 4.90 Å². The van der Waals surface area contributed by atoms with Crippen LogP contribution < -0.4 is 4.90 Å². The molecule has 10 aromatic carbocycles. The van der Waals surface area contributed by atoms with Crippen molar-refractivity contribution in [2.45, 2.75) is 0 Å². The fourth-order valence-corrected chi connectivity index (χ4v) is 8.47. The van der Waals surface area contributed by atoms with Crippen LogP contribution in [0.25, 0.3) is 87.3 Å². The third-order valence-corrected chi connectivity index (χ3v) is 11.0. The lowest BCUT2D eigenvalue weighted by Gasteiger charge is -2.26. The zero-order valence-electron chi connectivity index (χ0n) is 29.4. The van der Waals surface area contributed by atoms with Gasteiger partial charge in [0.05, 0.1) is 0 Å². The van der Waals surface area contributed by atoms with E-state index in [-0.39, 0.29) is 0 Å². The highest BCUT2D eigenvalue weighted by Gasteiger charge is 2.17. The summed E-state index contributed by atoms with van der Waals surface area (Å²) in [5.74, 6) is 0. The highest BCUT2D eigenvalue weighted by atomic mass is 16.3. The molecule has 1 aromatic heterocycles. The molecule has 54 heavy (non-hydrogen) atoms. The van der Waals surface area contributed by atoms with Crippen LogP contribution in [0, 0.1) is 0 Å². The van der Waals surface area contributed by atoms with Gasteiger partial charge in [0.2, 0.25) is 0 Å². The number of benzene rings is 10. The van der Waals surface area contributed by atoms with Gasteiger partial charge in [0.15, 0.2) is 0 Å². The fourth-order valence-electron chi connectivity index (χ4n) is 8.47. The molecule has 0 aliphatic heterocycles. The van der Waals surface area contributed by atoms with Crippen LogP contribution >= 0.6 is 0 Å². The van der Waals surface area contributed by atoms with Crippen molar-refractivity contribution >= 4 is 82.1 Å². The highest BCUT2D eigenvalue weighted by molar-refractivity contribution is 6.23. The number of nitrogens with zero attached hydrogens (tertiary/aromatic N) is 1. The van der Waals surface area contributed by atoms with E-state index in [4.69, 9.17) is 4.42 Å². The Morgan fingerprint density at radius 1 is 0.296 bits per heavy atom. The van der Waals surface area contributed by atoms with Crippen LogP contribution in [0.1, 0.15) is 0 Å². The maximum atomic E-state index is 6.23. The summed E-state index contributed by atoms with van der Waals surface area (Å²) in [5.41, 5.74) is 9.94. The van der Waals surface area contributed by atoms with Crippen LogP contribution in [0.4, 0.5) is 17.1 Å². The van der Waals surface area contributed by atoms with Crippen molar-refractivity contribution in [1.82, 2.24) is 0 Å². The van der Waals surface area contributed by atoms with Crippen LogP contribution in [0.15, 0.2) is 205 Å². The van der Waals surface area contributed by atoms with Crippen molar-refractivity contribution in [2.24, 2.45) is 0 Å². The lowest BCUT2D eigenvalue weighted by molar-refractivity contribution is 0.669. The van der Waals surface area contributed by atoms with Gasteiger partial charge < -0.3 is 9.32 Å². The minimum absolute atomic E-state index is 0.912. The highest BCUT2D eigenvalue weighted by Crippen LogP contribution is 2.42. The van der Waals surface area contributed by atoms with Gasteiger partial charge in [0.25, 0.3) is 0 Å². The molecule has 0 saturated heterocycles. The van der Waals surface area contributed by atoms with Gasteiger partial charge in [0.1, 0.15) is 11.2 Å². The summed E-state index contributed by atoms with van der Waals surface area (Å²) < 4.78 is 6.23. The largest absolute Gasteiger partial charge is 0.456 e. The monoisotopic (exact) mass is 687 g/mol. The van der Waals surface area contributed by atoms with Crippen LogP contribution in [-0.2, 0) is 0 Å². The van der Waals surface area contributed by atoms with E-state index in [1.54, 1.807) is 0 Å². The number of hydrogen-bond acceptors (Lipinski definition) is 2. The first-order valence-electron chi connectivity index (χ1n) is 18.5. The summed E-state index contributed by atoms with van der Waals surface area (Å²) in [6, 6.07) is 72.3. The minimum Gasteiger partial charge on any atom is -0.456 e. The molecular formula is C52H33NO. The Labute approximate surface area is 312 Å². The zero-order chi connectivity index (χ0) is 35.6. The number of hydrogen-bond donors (Lipinski definition) is 0. The first kappa shape index (κ1) is 30.5. The van der Waals surface area contributed by atoms with Gasteiger partial charge in [-0.2, -0.15) is 0 Å². The zero-order valence-corrected chi connectivity index (χ0v) is 29.4. The molecule has 2 heteroatoms. The SMILES string of the molecule is c1ccc(-c2ccc(N(c3ccc(-c4cc5ccc6ccccc6c5c5ccccc45)cc3)c3ccc4c(ccc5oc6ccccc6c54)c3)cc2)cc1. The molecule has 0 aliphatic rings. The molecule has 11 rings (SSSR count). The summed E-state index contributed by atoms with van der Waals surface area (Å²) in [6.07, 6.45) is 0. The van der Waals surface area contributed by atoms with Gasteiger partial charge >= 0.3 is 0 Å². The molecule has 1 heterocycles. The number of fused-ring (bicyclic) bond motifs is 10. The summed E-state index contributed by atoms with van der Waals surface area (Å²) in [7, 11) is 0. The van der Waals surface area contributed by atoms with Gasteiger partial charge in [-0.15, -0.1) is 0 Å². The molecule has 0 unspecified atom stereocenters. The Balaban J connectivity index is 1.06. The van der Waals surface area contributed by atoms with E-state index in [9.17, 15) is 0 Å². The standard InChI is InChI=1S/C52H33NO/c1-2-10-34(11-3-1)35-20-25-40(26-21-35)53(42-29-30-44-38(32-42)24-31-50-52(44)47-16-8-9-17-49(47)54-50)41-27-22-37(23-28-41)48-33-39-19-18-36-12-4-5-13-43(36)51(39)46-15-7-6-14-45(46)48/h1-33H. The molecular weight excluding hydrogens is 655 g/mol. The molecule has 0 spiro atoms. The summed E-state index contributed by atoms with van der Waals surface area (Å²) in [6.45, 7) is 0.